The van der Waals surface area contributed by atoms with Gasteiger partial charge in [0.25, 0.3) is 5.91 Å². The van der Waals surface area contributed by atoms with Crippen LogP contribution >= 0.6 is 0 Å². The number of hydrogen-bond acceptors (Lipinski definition) is 4. The third kappa shape index (κ3) is 2.62. The molecule has 0 aliphatic carbocycles. The second kappa shape index (κ2) is 4.93. The Morgan fingerprint density at radius 3 is 2.58 bits per heavy atom. The number of aryl methyl sites for hydroxylation is 2. The highest BCUT2D eigenvalue weighted by Crippen LogP contribution is 2.16. The topological polar surface area (TPSA) is 92.4 Å². The lowest BCUT2D eigenvalue weighted by molar-refractivity contribution is 0.0696. The lowest BCUT2D eigenvalue weighted by Crippen LogP contribution is -2.13. The summed E-state index contributed by atoms with van der Waals surface area (Å²) in [7, 11) is 0. The lowest BCUT2D eigenvalue weighted by Gasteiger charge is -2.06. The molecule has 1 aromatic carbocycles. The zero-order chi connectivity index (χ0) is 14.0. The maximum Gasteiger partial charge on any atom is 0.335 e. The van der Waals surface area contributed by atoms with Crippen LogP contribution in [0, 0.1) is 13.8 Å². The number of carboxylic acid groups (broad SMARTS) is 1. The van der Waals surface area contributed by atoms with Crippen LogP contribution in [0.5, 0.6) is 0 Å². The Kier molecular flexibility index (Phi) is 3.33. The van der Waals surface area contributed by atoms with Gasteiger partial charge in [-0.2, -0.15) is 0 Å². The van der Waals surface area contributed by atoms with Crippen LogP contribution in [0.15, 0.2) is 29.0 Å². The van der Waals surface area contributed by atoms with Gasteiger partial charge in [-0.1, -0.05) is 0 Å². The monoisotopic (exact) mass is 260 g/mol. The van der Waals surface area contributed by atoms with E-state index in [9.17, 15) is 9.59 Å². The van der Waals surface area contributed by atoms with Gasteiger partial charge in [-0.05, 0) is 37.6 Å². The molecule has 0 radical (unpaired) electrons. The first-order valence-electron chi connectivity index (χ1n) is 5.54. The molecule has 0 unspecified atom stereocenters. The molecular formula is C13H12N2O4. The largest absolute Gasteiger partial charge is 0.478 e. The Hall–Kier alpha value is -2.63. The molecule has 1 aromatic heterocycles. The molecule has 0 spiro atoms. The molecule has 6 nitrogen and oxygen atoms in total. The Bertz CT molecular complexity index is 646. The Morgan fingerprint density at radius 2 is 2.05 bits per heavy atom. The fourth-order valence-electron chi connectivity index (χ4n) is 1.69. The molecule has 0 aliphatic heterocycles. The first-order valence-corrected chi connectivity index (χ1v) is 5.54. The summed E-state index contributed by atoms with van der Waals surface area (Å²) in [6.07, 6.45) is 1.20. The van der Waals surface area contributed by atoms with Crippen molar-refractivity contribution >= 4 is 17.6 Å². The standard InChI is InChI=1S/C13H12N2O4/c1-7-5-9(3-4-10(7)13(17)18)15-12(16)11-8(2)14-6-19-11/h3-6H,1-2H3,(H,15,16)(H,17,18). The van der Waals surface area contributed by atoms with E-state index in [0.717, 1.165) is 0 Å². The molecule has 98 valence electrons. The first kappa shape index (κ1) is 12.8. The van der Waals surface area contributed by atoms with E-state index in [1.54, 1.807) is 19.9 Å². The van der Waals surface area contributed by atoms with Crippen molar-refractivity contribution in [3.8, 4) is 0 Å². The summed E-state index contributed by atoms with van der Waals surface area (Å²) >= 11 is 0. The highest BCUT2D eigenvalue weighted by atomic mass is 16.4. The normalized spacial score (nSPS) is 10.2. The zero-order valence-corrected chi connectivity index (χ0v) is 10.4. The second-order valence-corrected chi connectivity index (χ2v) is 4.06. The van der Waals surface area contributed by atoms with Gasteiger partial charge in [0.2, 0.25) is 5.76 Å². The number of nitrogens with one attached hydrogen (secondary N) is 1. The van der Waals surface area contributed by atoms with Crippen LogP contribution in [0.3, 0.4) is 0 Å². The number of anilines is 1. The number of carbonyl (C=O) groups is 2. The maximum absolute atomic E-state index is 11.9. The summed E-state index contributed by atoms with van der Waals surface area (Å²) in [6.45, 7) is 3.33. The number of amides is 1. The van der Waals surface area contributed by atoms with Crippen LogP contribution < -0.4 is 5.32 Å². The minimum atomic E-state index is -0.999. The summed E-state index contributed by atoms with van der Waals surface area (Å²) in [5, 5.41) is 11.5. The van der Waals surface area contributed by atoms with Crippen LogP contribution in [0.25, 0.3) is 0 Å². The number of carbonyl (C=O) groups excluding carboxylic acids is 1. The van der Waals surface area contributed by atoms with E-state index in [-0.39, 0.29) is 11.3 Å². The number of oxazole rings is 1. The number of nitrogens with zero attached hydrogens (tertiary/aromatic N) is 1. The molecule has 2 rings (SSSR count). The molecule has 1 amide bonds. The molecule has 0 atom stereocenters. The Balaban J connectivity index is 2.21. The predicted octanol–water partition coefficient (Wildman–Crippen LogP) is 2.24. The minimum absolute atomic E-state index is 0.139. The molecule has 1 heterocycles. The van der Waals surface area contributed by atoms with E-state index in [1.165, 1.54) is 18.5 Å². The summed E-state index contributed by atoms with van der Waals surface area (Å²) in [5.74, 6) is -1.28. The van der Waals surface area contributed by atoms with E-state index in [1.807, 2.05) is 0 Å². The van der Waals surface area contributed by atoms with Gasteiger partial charge in [-0.3, -0.25) is 4.79 Å². The molecule has 2 aromatic rings. The summed E-state index contributed by atoms with van der Waals surface area (Å²) in [5.41, 5.74) is 1.77. The average molecular weight is 260 g/mol. The van der Waals surface area contributed by atoms with E-state index in [4.69, 9.17) is 9.52 Å². The van der Waals surface area contributed by atoms with E-state index in [0.29, 0.717) is 16.9 Å². The highest BCUT2D eigenvalue weighted by molar-refractivity contribution is 6.03. The zero-order valence-electron chi connectivity index (χ0n) is 10.4. The van der Waals surface area contributed by atoms with Gasteiger partial charge in [0, 0.05) is 5.69 Å². The van der Waals surface area contributed by atoms with Crippen molar-refractivity contribution in [3.63, 3.8) is 0 Å². The Labute approximate surface area is 109 Å². The quantitative estimate of drug-likeness (QED) is 0.882. The van der Waals surface area contributed by atoms with Crippen molar-refractivity contribution < 1.29 is 19.1 Å². The average Bonchev–Trinajstić information content (AvgIpc) is 2.75. The molecule has 6 heteroatoms. The number of rotatable bonds is 3. The van der Waals surface area contributed by atoms with Crippen LogP contribution in [0.4, 0.5) is 5.69 Å². The van der Waals surface area contributed by atoms with Crippen molar-refractivity contribution in [1.82, 2.24) is 4.98 Å². The first-order chi connectivity index (χ1) is 8.99. The molecule has 0 bridgehead atoms. The van der Waals surface area contributed by atoms with Gasteiger partial charge >= 0.3 is 5.97 Å². The van der Waals surface area contributed by atoms with Crippen LogP contribution in [0.1, 0.15) is 32.2 Å². The van der Waals surface area contributed by atoms with E-state index in [2.05, 4.69) is 10.3 Å². The number of aromatic carboxylic acids is 1. The van der Waals surface area contributed by atoms with E-state index < -0.39 is 11.9 Å². The molecule has 0 saturated carbocycles. The highest BCUT2D eigenvalue weighted by Gasteiger charge is 2.15. The predicted molar refractivity (Wildman–Crippen MR) is 67.3 cm³/mol. The van der Waals surface area contributed by atoms with Gasteiger partial charge in [0.05, 0.1) is 11.3 Å². The van der Waals surface area contributed by atoms with Crippen LogP contribution in [-0.4, -0.2) is 22.0 Å². The van der Waals surface area contributed by atoms with Gasteiger partial charge in [0.15, 0.2) is 6.39 Å². The number of aromatic nitrogens is 1. The second-order valence-electron chi connectivity index (χ2n) is 4.06. The van der Waals surface area contributed by atoms with Crippen molar-refractivity contribution in [2.45, 2.75) is 13.8 Å². The smallest absolute Gasteiger partial charge is 0.335 e. The fourth-order valence-corrected chi connectivity index (χ4v) is 1.69. The van der Waals surface area contributed by atoms with Crippen molar-refractivity contribution in [3.05, 3.63) is 47.2 Å². The Morgan fingerprint density at radius 1 is 1.32 bits per heavy atom. The molecule has 0 aliphatic rings. The number of carboxylic acids is 1. The van der Waals surface area contributed by atoms with Crippen molar-refractivity contribution in [2.24, 2.45) is 0 Å². The summed E-state index contributed by atoms with van der Waals surface area (Å²) in [6, 6.07) is 4.56. The van der Waals surface area contributed by atoms with Crippen molar-refractivity contribution in [1.29, 1.82) is 0 Å². The third-order valence-corrected chi connectivity index (χ3v) is 2.67. The third-order valence-electron chi connectivity index (χ3n) is 2.67. The van der Waals surface area contributed by atoms with Gasteiger partial charge in [-0.15, -0.1) is 0 Å². The molecule has 2 N–H and O–H groups in total. The van der Waals surface area contributed by atoms with Gasteiger partial charge in [0.1, 0.15) is 0 Å². The summed E-state index contributed by atoms with van der Waals surface area (Å²) in [4.78, 5) is 26.6. The SMILES string of the molecule is Cc1cc(NC(=O)c2ocnc2C)ccc1C(=O)O. The maximum atomic E-state index is 11.9. The van der Waals surface area contributed by atoms with E-state index >= 15 is 0 Å². The van der Waals surface area contributed by atoms with Crippen LogP contribution in [0.2, 0.25) is 0 Å². The van der Waals surface area contributed by atoms with Crippen LogP contribution in [-0.2, 0) is 0 Å². The molecular weight excluding hydrogens is 248 g/mol. The van der Waals surface area contributed by atoms with Crippen molar-refractivity contribution in [2.75, 3.05) is 5.32 Å². The number of hydrogen-bond donors (Lipinski definition) is 2. The molecule has 19 heavy (non-hydrogen) atoms. The minimum Gasteiger partial charge on any atom is -0.478 e. The van der Waals surface area contributed by atoms with Gasteiger partial charge < -0.3 is 14.8 Å². The summed E-state index contributed by atoms with van der Waals surface area (Å²) < 4.78 is 4.97. The number of benzene rings is 1. The molecule has 0 saturated heterocycles. The molecule has 0 fully saturated rings. The fraction of sp³-hybridized carbons (Fsp3) is 0.154. The van der Waals surface area contributed by atoms with Gasteiger partial charge in [-0.25, -0.2) is 9.78 Å². The lowest BCUT2D eigenvalue weighted by atomic mass is 10.1.